The fourth-order valence-electron chi connectivity index (χ4n) is 3.85. The summed E-state index contributed by atoms with van der Waals surface area (Å²) in [7, 11) is 1.78. The van der Waals surface area contributed by atoms with Crippen LogP contribution in [0.25, 0.3) is 0 Å². The van der Waals surface area contributed by atoms with Crippen LogP contribution in [0.2, 0.25) is 0 Å². The fraction of sp³-hybridized carbons (Fsp3) is 0.733. The molecule has 2 rings (SSSR count). The third-order valence-electron chi connectivity index (χ3n) is 4.11. The zero-order valence-corrected chi connectivity index (χ0v) is 12.8. The molecule has 20 heavy (non-hydrogen) atoms. The third-order valence-corrected chi connectivity index (χ3v) is 4.11. The highest BCUT2D eigenvalue weighted by atomic mass is 16.3. The van der Waals surface area contributed by atoms with E-state index in [1.54, 1.807) is 24.1 Å². The lowest BCUT2D eigenvalue weighted by Gasteiger charge is -2.47. The summed E-state index contributed by atoms with van der Waals surface area (Å²) in [5.41, 5.74) is 0.146. The van der Waals surface area contributed by atoms with Gasteiger partial charge in [0.1, 0.15) is 0 Å². The second-order valence-electron chi connectivity index (χ2n) is 7.15. The van der Waals surface area contributed by atoms with Crippen LogP contribution < -0.4 is 5.32 Å². The number of aryl methyl sites for hydroxylation is 1. The summed E-state index contributed by atoms with van der Waals surface area (Å²) in [6, 6.07) is 0. The van der Waals surface area contributed by atoms with E-state index in [0.29, 0.717) is 11.5 Å². The van der Waals surface area contributed by atoms with Crippen LogP contribution in [0, 0.1) is 11.3 Å². The summed E-state index contributed by atoms with van der Waals surface area (Å²) in [5.74, 6) is 0.331. The molecule has 112 valence electrons. The molecule has 5 nitrogen and oxygen atoms in total. The van der Waals surface area contributed by atoms with Crippen molar-refractivity contribution in [2.75, 3.05) is 6.61 Å². The van der Waals surface area contributed by atoms with Crippen molar-refractivity contribution in [3.8, 4) is 0 Å². The first-order valence-corrected chi connectivity index (χ1v) is 7.17. The Morgan fingerprint density at radius 1 is 1.55 bits per heavy atom. The van der Waals surface area contributed by atoms with E-state index in [0.717, 1.165) is 19.3 Å². The van der Waals surface area contributed by atoms with E-state index in [1.165, 1.54) is 0 Å². The first-order chi connectivity index (χ1) is 9.25. The fourth-order valence-corrected chi connectivity index (χ4v) is 3.85. The Labute approximate surface area is 120 Å². The molecule has 1 saturated carbocycles. The Hall–Kier alpha value is -1.36. The molecule has 0 spiro atoms. The summed E-state index contributed by atoms with van der Waals surface area (Å²) in [4.78, 5) is 12.3. The Kier molecular flexibility index (Phi) is 3.91. The average Bonchev–Trinajstić information content (AvgIpc) is 2.73. The quantitative estimate of drug-likeness (QED) is 0.885. The predicted octanol–water partition coefficient (Wildman–Crippen LogP) is 1.73. The van der Waals surface area contributed by atoms with Crippen molar-refractivity contribution in [3.63, 3.8) is 0 Å². The van der Waals surface area contributed by atoms with Gasteiger partial charge in [-0.1, -0.05) is 20.8 Å². The van der Waals surface area contributed by atoms with Gasteiger partial charge in [-0.3, -0.25) is 9.48 Å². The molecular weight excluding hydrogens is 254 g/mol. The summed E-state index contributed by atoms with van der Waals surface area (Å²) < 4.78 is 1.61. The maximum atomic E-state index is 12.3. The molecule has 2 N–H and O–H groups in total. The molecule has 1 aliphatic rings. The Balaban J connectivity index is 2.17. The van der Waals surface area contributed by atoms with Crippen LogP contribution in [0.4, 0.5) is 0 Å². The molecule has 0 aliphatic heterocycles. The van der Waals surface area contributed by atoms with E-state index in [1.807, 2.05) is 0 Å². The molecule has 0 bridgehead atoms. The summed E-state index contributed by atoms with van der Waals surface area (Å²) >= 11 is 0. The highest BCUT2D eigenvalue weighted by molar-refractivity contribution is 5.94. The number of aromatic nitrogens is 2. The number of aliphatic hydroxyl groups excluding tert-OH is 1. The Bertz CT molecular complexity index is 495. The number of carbonyl (C=O) groups excluding carboxylic acids is 1. The zero-order chi connectivity index (χ0) is 15.0. The van der Waals surface area contributed by atoms with Crippen molar-refractivity contribution in [1.29, 1.82) is 0 Å². The smallest absolute Gasteiger partial charge is 0.254 e. The van der Waals surface area contributed by atoms with E-state index in [-0.39, 0.29) is 17.9 Å². The van der Waals surface area contributed by atoms with Gasteiger partial charge in [0.15, 0.2) is 0 Å². The predicted molar refractivity (Wildman–Crippen MR) is 77.3 cm³/mol. The summed E-state index contributed by atoms with van der Waals surface area (Å²) in [6.45, 7) is 6.56. The monoisotopic (exact) mass is 279 g/mol. The molecule has 2 atom stereocenters. The number of carbonyl (C=O) groups is 1. The van der Waals surface area contributed by atoms with Crippen LogP contribution in [-0.4, -0.2) is 32.9 Å². The number of nitrogens with one attached hydrogen (secondary N) is 1. The maximum Gasteiger partial charge on any atom is 0.254 e. The molecule has 1 amide bonds. The third kappa shape index (κ3) is 3.20. The first kappa shape index (κ1) is 15.0. The van der Waals surface area contributed by atoms with Gasteiger partial charge in [0, 0.05) is 13.2 Å². The van der Waals surface area contributed by atoms with Crippen LogP contribution in [0.3, 0.4) is 0 Å². The number of aliphatic hydroxyl groups is 1. The maximum absolute atomic E-state index is 12.3. The van der Waals surface area contributed by atoms with Crippen molar-refractivity contribution in [2.24, 2.45) is 18.4 Å². The number of nitrogens with zero attached hydrogens (tertiary/aromatic N) is 2. The van der Waals surface area contributed by atoms with Crippen LogP contribution in [0.15, 0.2) is 12.4 Å². The minimum Gasteiger partial charge on any atom is -0.394 e. The van der Waals surface area contributed by atoms with Gasteiger partial charge in [0.05, 0.1) is 23.9 Å². The van der Waals surface area contributed by atoms with Gasteiger partial charge in [0.2, 0.25) is 0 Å². The van der Waals surface area contributed by atoms with Crippen molar-refractivity contribution in [3.05, 3.63) is 18.0 Å². The van der Waals surface area contributed by atoms with Crippen molar-refractivity contribution < 1.29 is 9.90 Å². The molecular formula is C15H25N3O2. The van der Waals surface area contributed by atoms with Gasteiger partial charge in [-0.2, -0.15) is 5.10 Å². The highest BCUT2D eigenvalue weighted by Crippen LogP contribution is 2.43. The van der Waals surface area contributed by atoms with E-state index < -0.39 is 5.54 Å². The Morgan fingerprint density at radius 3 is 2.75 bits per heavy atom. The van der Waals surface area contributed by atoms with Gasteiger partial charge in [-0.15, -0.1) is 0 Å². The molecule has 0 saturated heterocycles. The number of hydrogen-bond donors (Lipinski definition) is 2. The van der Waals surface area contributed by atoms with Crippen molar-refractivity contribution in [1.82, 2.24) is 15.1 Å². The zero-order valence-electron chi connectivity index (χ0n) is 12.8. The summed E-state index contributed by atoms with van der Waals surface area (Å²) in [5, 5.41) is 16.9. The number of amides is 1. The largest absolute Gasteiger partial charge is 0.394 e. The van der Waals surface area contributed by atoms with E-state index in [4.69, 9.17) is 0 Å². The molecule has 0 aromatic carbocycles. The molecule has 1 heterocycles. The first-order valence-electron chi connectivity index (χ1n) is 7.17. The van der Waals surface area contributed by atoms with Crippen LogP contribution in [0.1, 0.15) is 50.4 Å². The van der Waals surface area contributed by atoms with Crippen LogP contribution in [-0.2, 0) is 7.05 Å². The molecule has 5 heteroatoms. The van der Waals surface area contributed by atoms with Gasteiger partial charge in [-0.25, -0.2) is 0 Å². The molecule has 0 radical (unpaired) electrons. The normalized spacial score (nSPS) is 29.1. The van der Waals surface area contributed by atoms with Crippen molar-refractivity contribution >= 4 is 5.91 Å². The van der Waals surface area contributed by atoms with E-state index in [2.05, 4.69) is 31.2 Å². The van der Waals surface area contributed by atoms with E-state index >= 15 is 0 Å². The lowest BCUT2D eigenvalue weighted by molar-refractivity contribution is 0.0334. The van der Waals surface area contributed by atoms with Gasteiger partial charge < -0.3 is 10.4 Å². The summed E-state index contributed by atoms with van der Waals surface area (Å²) in [6.07, 6.45) is 5.99. The molecule has 1 aromatic rings. The average molecular weight is 279 g/mol. The van der Waals surface area contributed by atoms with Gasteiger partial charge in [0.25, 0.3) is 5.91 Å². The highest BCUT2D eigenvalue weighted by Gasteiger charge is 2.43. The second-order valence-corrected chi connectivity index (χ2v) is 7.15. The Morgan fingerprint density at radius 2 is 2.25 bits per heavy atom. The van der Waals surface area contributed by atoms with Gasteiger partial charge in [-0.05, 0) is 30.6 Å². The van der Waals surface area contributed by atoms with Crippen LogP contribution >= 0.6 is 0 Å². The topological polar surface area (TPSA) is 67.2 Å². The minimum absolute atomic E-state index is 0.0211. The second kappa shape index (κ2) is 5.20. The standard InChI is InChI=1S/C15H25N3O2/c1-11-5-14(2,3)9-15(6-11,10-19)17-13(20)12-7-16-18(4)8-12/h7-8,11,19H,5-6,9-10H2,1-4H3,(H,17,20). The molecule has 1 aliphatic carbocycles. The van der Waals surface area contributed by atoms with E-state index in [9.17, 15) is 9.90 Å². The molecule has 2 unspecified atom stereocenters. The van der Waals surface area contributed by atoms with Crippen LogP contribution in [0.5, 0.6) is 0 Å². The molecule has 1 fully saturated rings. The lowest BCUT2D eigenvalue weighted by Crippen LogP contribution is -2.57. The number of rotatable bonds is 3. The van der Waals surface area contributed by atoms with Gasteiger partial charge >= 0.3 is 0 Å². The SMILES string of the molecule is CC1CC(C)(C)CC(CO)(NC(=O)c2cnn(C)c2)C1. The lowest BCUT2D eigenvalue weighted by atomic mass is 9.64. The number of hydrogen-bond acceptors (Lipinski definition) is 3. The minimum atomic E-state index is -0.520. The van der Waals surface area contributed by atoms with Crippen molar-refractivity contribution in [2.45, 2.75) is 45.6 Å². The molecule has 1 aromatic heterocycles.